The lowest BCUT2D eigenvalue weighted by Crippen LogP contribution is -2.38. The van der Waals surface area contributed by atoms with Crippen LogP contribution in [-0.2, 0) is 11.2 Å². The summed E-state index contributed by atoms with van der Waals surface area (Å²) in [5.74, 6) is 0.0809. The standard InChI is InChI=1S/C37H39ClN4O6/c1-42(2)17-8-18-48-33-20-23(13-15-28(33)38)36-27(35-31(46-3)11-7-12-32(35)47-4)14-16-30(41-36)37(45)40-25(21-34(43)44)19-24-22-39-29-10-6-5-9-26(24)29/h5-7,9-16,20,22,25,39H,8,17-19,21H2,1-4H3,(H,40,45)(H,43,44). The Morgan fingerprint density at radius 3 is 2.44 bits per heavy atom. The summed E-state index contributed by atoms with van der Waals surface area (Å²) in [5.41, 5.74) is 4.38. The number of methoxy groups -OCH3 is 2. The minimum atomic E-state index is -1.02. The Morgan fingerprint density at radius 1 is 0.979 bits per heavy atom. The van der Waals surface area contributed by atoms with E-state index in [1.54, 1.807) is 38.5 Å². The Kier molecular flexibility index (Phi) is 11.2. The molecule has 0 saturated heterocycles. The molecule has 0 aliphatic heterocycles. The third-order valence-corrected chi connectivity index (χ3v) is 8.25. The minimum absolute atomic E-state index is 0.111. The number of hydrogen-bond acceptors (Lipinski definition) is 7. The van der Waals surface area contributed by atoms with E-state index in [1.807, 2.05) is 68.8 Å². The van der Waals surface area contributed by atoms with Crippen molar-refractivity contribution in [3.8, 4) is 39.6 Å². The zero-order valence-electron chi connectivity index (χ0n) is 27.4. The van der Waals surface area contributed by atoms with Crippen molar-refractivity contribution < 1.29 is 28.9 Å². The molecule has 0 aliphatic rings. The van der Waals surface area contributed by atoms with Crippen LogP contribution in [0.4, 0.5) is 0 Å². The summed E-state index contributed by atoms with van der Waals surface area (Å²) in [6.45, 7) is 1.32. The molecule has 3 N–H and O–H groups in total. The molecule has 3 aromatic carbocycles. The van der Waals surface area contributed by atoms with Gasteiger partial charge in [0.25, 0.3) is 5.91 Å². The zero-order valence-corrected chi connectivity index (χ0v) is 28.1. The van der Waals surface area contributed by atoms with Crippen LogP contribution in [0.5, 0.6) is 17.2 Å². The van der Waals surface area contributed by atoms with Crippen molar-refractivity contribution in [3.05, 3.63) is 95.3 Å². The monoisotopic (exact) mass is 670 g/mol. The number of carbonyl (C=O) groups excluding carboxylic acids is 1. The molecule has 2 aromatic heterocycles. The second-order valence-electron chi connectivity index (χ2n) is 11.6. The number of nitrogens with one attached hydrogen (secondary N) is 2. The summed E-state index contributed by atoms with van der Waals surface area (Å²) < 4.78 is 17.5. The zero-order chi connectivity index (χ0) is 34.2. The fourth-order valence-electron chi connectivity index (χ4n) is 5.66. The predicted octanol–water partition coefficient (Wildman–Crippen LogP) is 6.71. The maximum absolute atomic E-state index is 13.8. The summed E-state index contributed by atoms with van der Waals surface area (Å²) in [6, 6.07) is 21.3. The molecule has 0 bridgehead atoms. The number of aromatic nitrogens is 2. The van der Waals surface area contributed by atoms with Gasteiger partial charge in [0, 0.05) is 40.8 Å². The van der Waals surface area contributed by atoms with Gasteiger partial charge in [-0.3, -0.25) is 9.59 Å². The van der Waals surface area contributed by atoms with Gasteiger partial charge in [0.05, 0.1) is 43.5 Å². The number of para-hydroxylation sites is 1. The van der Waals surface area contributed by atoms with Crippen LogP contribution in [-0.4, -0.2) is 79.4 Å². The molecule has 0 fully saturated rings. The molecule has 0 spiro atoms. The number of carboxylic acids is 1. The van der Waals surface area contributed by atoms with Crippen molar-refractivity contribution in [2.45, 2.75) is 25.3 Å². The first kappa shape index (κ1) is 34.3. The lowest BCUT2D eigenvalue weighted by atomic mass is 9.96. The average molecular weight is 671 g/mol. The molecule has 5 aromatic rings. The van der Waals surface area contributed by atoms with E-state index < -0.39 is 17.9 Å². The molecular weight excluding hydrogens is 632 g/mol. The molecule has 5 rings (SSSR count). The molecule has 0 radical (unpaired) electrons. The quantitative estimate of drug-likeness (QED) is 0.105. The van der Waals surface area contributed by atoms with Crippen molar-refractivity contribution in [1.29, 1.82) is 0 Å². The van der Waals surface area contributed by atoms with Gasteiger partial charge < -0.3 is 34.5 Å². The molecule has 0 aliphatic carbocycles. The highest BCUT2D eigenvalue weighted by molar-refractivity contribution is 6.32. The van der Waals surface area contributed by atoms with Gasteiger partial charge in [-0.05, 0) is 75.0 Å². The molecule has 1 atom stereocenters. The van der Waals surface area contributed by atoms with Gasteiger partial charge in [-0.25, -0.2) is 4.98 Å². The Hall–Kier alpha value is -5.06. The third-order valence-electron chi connectivity index (χ3n) is 7.93. The summed E-state index contributed by atoms with van der Waals surface area (Å²) >= 11 is 6.54. The molecule has 1 amide bonds. The predicted molar refractivity (Wildman–Crippen MR) is 187 cm³/mol. The highest BCUT2D eigenvalue weighted by atomic mass is 35.5. The molecule has 250 valence electrons. The molecule has 10 nitrogen and oxygen atoms in total. The molecule has 11 heteroatoms. The third kappa shape index (κ3) is 8.07. The SMILES string of the molecule is COc1cccc(OC)c1-c1ccc(C(=O)NC(CC(=O)O)Cc2c[nH]c3ccccc23)nc1-c1ccc(Cl)c(OCCCN(C)C)c1. The number of fused-ring (bicyclic) bond motifs is 1. The van der Waals surface area contributed by atoms with Gasteiger partial charge in [-0.1, -0.05) is 41.9 Å². The van der Waals surface area contributed by atoms with Crippen LogP contribution in [0.15, 0.2) is 79.0 Å². The Labute approximate surface area is 284 Å². The van der Waals surface area contributed by atoms with E-state index in [0.717, 1.165) is 29.4 Å². The van der Waals surface area contributed by atoms with Gasteiger partial charge >= 0.3 is 5.97 Å². The number of hydrogen-bond donors (Lipinski definition) is 3. The normalized spacial score (nSPS) is 11.8. The lowest BCUT2D eigenvalue weighted by molar-refractivity contribution is -0.137. The Bertz CT molecular complexity index is 1880. The first-order chi connectivity index (χ1) is 23.2. The molecule has 48 heavy (non-hydrogen) atoms. The summed E-state index contributed by atoms with van der Waals surface area (Å²) in [6.07, 6.45) is 2.71. The van der Waals surface area contributed by atoms with Gasteiger partial charge in [0.15, 0.2) is 0 Å². The number of amides is 1. The number of rotatable bonds is 15. The fourth-order valence-corrected chi connectivity index (χ4v) is 5.83. The number of halogens is 1. The van der Waals surface area contributed by atoms with Gasteiger partial charge in [-0.15, -0.1) is 0 Å². The summed E-state index contributed by atoms with van der Waals surface area (Å²) in [7, 11) is 7.15. The number of ether oxygens (including phenoxy) is 3. The first-order valence-corrected chi connectivity index (χ1v) is 15.9. The number of H-pyrrole nitrogens is 1. The van der Waals surface area contributed by atoms with Crippen LogP contribution >= 0.6 is 11.6 Å². The van der Waals surface area contributed by atoms with Crippen LogP contribution in [0.25, 0.3) is 33.3 Å². The van der Waals surface area contributed by atoms with Crippen molar-refractivity contribution in [2.75, 3.05) is 41.5 Å². The van der Waals surface area contributed by atoms with Gasteiger partial charge in [0.2, 0.25) is 0 Å². The summed E-state index contributed by atoms with van der Waals surface area (Å²) in [4.78, 5) is 35.8. The van der Waals surface area contributed by atoms with E-state index in [9.17, 15) is 14.7 Å². The number of pyridine rings is 1. The minimum Gasteiger partial charge on any atom is -0.496 e. The van der Waals surface area contributed by atoms with Crippen LogP contribution in [0.3, 0.4) is 0 Å². The summed E-state index contributed by atoms with van der Waals surface area (Å²) in [5, 5.41) is 14.0. The highest BCUT2D eigenvalue weighted by Crippen LogP contribution is 2.43. The van der Waals surface area contributed by atoms with Crippen LogP contribution in [0.2, 0.25) is 5.02 Å². The number of carbonyl (C=O) groups is 2. The van der Waals surface area contributed by atoms with Crippen molar-refractivity contribution >= 4 is 34.4 Å². The fraction of sp³-hybridized carbons (Fsp3) is 0.270. The van der Waals surface area contributed by atoms with E-state index in [0.29, 0.717) is 57.7 Å². The van der Waals surface area contributed by atoms with E-state index in [-0.39, 0.29) is 12.1 Å². The average Bonchev–Trinajstić information content (AvgIpc) is 3.48. The number of aliphatic carboxylic acids is 1. The smallest absolute Gasteiger partial charge is 0.305 e. The highest BCUT2D eigenvalue weighted by Gasteiger charge is 2.24. The maximum Gasteiger partial charge on any atom is 0.305 e. The van der Waals surface area contributed by atoms with E-state index in [1.165, 1.54) is 0 Å². The Balaban J connectivity index is 1.53. The first-order valence-electron chi connectivity index (χ1n) is 15.6. The van der Waals surface area contributed by atoms with Crippen molar-refractivity contribution in [3.63, 3.8) is 0 Å². The van der Waals surface area contributed by atoms with E-state index in [4.69, 9.17) is 30.8 Å². The number of benzene rings is 3. The Morgan fingerprint density at radius 2 is 1.73 bits per heavy atom. The van der Waals surface area contributed by atoms with Crippen LogP contribution in [0, 0.1) is 0 Å². The topological polar surface area (TPSA) is 126 Å². The molecule has 0 saturated carbocycles. The lowest BCUT2D eigenvalue weighted by Gasteiger charge is -2.19. The van der Waals surface area contributed by atoms with Crippen LogP contribution in [0.1, 0.15) is 28.9 Å². The number of carboxylic acid groups (broad SMARTS) is 1. The number of nitrogens with zero attached hydrogens (tertiary/aromatic N) is 2. The van der Waals surface area contributed by atoms with Gasteiger partial charge in [0.1, 0.15) is 22.9 Å². The second kappa shape index (κ2) is 15.7. The maximum atomic E-state index is 13.8. The molecule has 2 heterocycles. The second-order valence-corrected chi connectivity index (χ2v) is 12.0. The van der Waals surface area contributed by atoms with Crippen LogP contribution < -0.4 is 19.5 Å². The number of aromatic amines is 1. The molecule has 1 unspecified atom stereocenters. The van der Waals surface area contributed by atoms with Gasteiger partial charge in [-0.2, -0.15) is 0 Å². The van der Waals surface area contributed by atoms with Crippen molar-refractivity contribution in [2.24, 2.45) is 0 Å². The van der Waals surface area contributed by atoms with E-state index >= 15 is 0 Å². The molecular formula is C37H39ClN4O6. The van der Waals surface area contributed by atoms with E-state index in [2.05, 4.69) is 15.2 Å². The van der Waals surface area contributed by atoms with Crippen molar-refractivity contribution in [1.82, 2.24) is 20.2 Å². The largest absolute Gasteiger partial charge is 0.496 e.